The number of hydrogen-bond acceptors (Lipinski definition) is 1. The van der Waals surface area contributed by atoms with Crippen molar-refractivity contribution in [2.24, 2.45) is 0 Å². The second-order valence-corrected chi connectivity index (χ2v) is 10.6. The van der Waals surface area contributed by atoms with E-state index in [1.165, 1.54) is 27.8 Å². The van der Waals surface area contributed by atoms with Gasteiger partial charge in [-0.15, -0.1) is 0 Å². The lowest BCUT2D eigenvalue weighted by molar-refractivity contribution is 0.591. The minimum absolute atomic E-state index is 0.224. The molecule has 2 heteroatoms. The largest absolute Gasteiger partial charge is 0.314 e. The van der Waals surface area contributed by atoms with Crippen molar-refractivity contribution in [2.75, 3.05) is 6.66 Å². The van der Waals surface area contributed by atoms with Crippen LogP contribution in [0.4, 0.5) is 0 Å². The molecule has 0 amide bonds. The molecule has 1 aliphatic carbocycles. The zero-order valence-corrected chi connectivity index (χ0v) is 16.5. The van der Waals surface area contributed by atoms with Crippen molar-refractivity contribution in [1.29, 1.82) is 0 Å². The number of rotatable bonds is 1. The molecule has 4 aromatic rings. The molecule has 0 saturated heterocycles. The molecule has 0 aromatic heterocycles. The van der Waals surface area contributed by atoms with Gasteiger partial charge in [0, 0.05) is 16.5 Å². The molecule has 1 heterocycles. The Morgan fingerprint density at radius 2 is 1.29 bits per heavy atom. The van der Waals surface area contributed by atoms with Crippen molar-refractivity contribution in [3.05, 3.63) is 108 Å². The van der Waals surface area contributed by atoms with Crippen LogP contribution in [0.2, 0.25) is 0 Å². The fraction of sp³-hybridized carbons (Fsp3) is 0.0769. The second-order valence-electron chi connectivity index (χ2n) is 7.83. The zero-order chi connectivity index (χ0) is 18.9. The SMILES string of the molecule is CP1(=O)c2ccccc2-c2cc3c(cc21)-c1ccccc1C3c1ccccc1. The van der Waals surface area contributed by atoms with Crippen LogP contribution in [-0.4, -0.2) is 6.66 Å². The molecular formula is C26H19OP. The average molecular weight is 378 g/mol. The molecule has 4 aromatic carbocycles. The second kappa shape index (κ2) is 5.56. The molecule has 2 atom stereocenters. The molecule has 1 aliphatic heterocycles. The first kappa shape index (κ1) is 16.1. The van der Waals surface area contributed by atoms with Crippen LogP contribution >= 0.6 is 7.14 Å². The van der Waals surface area contributed by atoms with Gasteiger partial charge in [-0.25, -0.2) is 0 Å². The van der Waals surface area contributed by atoms with E-state index in [4.69, 9.17) is 0 Å². The average Bonchev–Trinajstić information content (AvgIpc) is 3.17. The molecule has 6 rings (SSSR count). The molecule has 0 spiro atoms. The van der Waals surface area contributed by atoms with Gasteiger partial charge in [0.25, 0.3) is 0 Å². The topological polar surface area (TPSA) is 17.1 Å². The monoisotopic (exact) mass is 378 g/mol. The van der Waals surface area contributed by atoms with Crippen LogP contribution < -0.4 is 10.6 Å². The van der Waals surface area contributed by atoms with E-state index in [2.05, 4.69) is 72.8 Å². The molecule has 0 fully saturated rings. The standard InChI is InChI=1S/C26H19OP/c1-28(27)24-14-8-7-12-19(24)22-15-23-21(16-25(22)28)18-11-5-6-13-20(18)26(23)17-9-3-2-4-10-17/h2-16,26H,1H3. The Labute approximate surface area is 165 Å². The minimum atomic E-state index is -2.56. The maximum atomic E-state index is 13.7. The molecule has 28 heavy (non-hydrogen) atoms. The predicted molar refractivity (Wildman–Crippen MR) is 117 cm³/mol. The van der Waals surface area contributed by atoms with Gasteiger partial charge in [0.15, 0.2) is 0 Å². The van der Waals surface area contributed by atoms with Crippen molar-refractivity contribution in [1.82, 2.24) is 0 Å². The lowest BCUT2D eigenvalue weighted by Gasteiger charge is -2.15. The van der Waals surface area contributed by atoms with Gasteiger partial charge in [0.05, 0.1) is 0 Å². The Bertz CT molecular complexity index is 1300. The summed E-state index contributed by atoms with van der Waals surface area (Å²) in [6, 6.07) is 32.1. The minimum Gasteiger partial charge on any atom is -0.314 e. The van der Waals surface area contributed by atoms with Crippen molar-refractivity contribution in [3.63, 3.8) is 0 Å². The first-order valence-corrected chi connectivity index (χ1v) is 11.8. The summed E-state index contributed by atoms with van der Waals surface area (Å²) in [7, 11) is -2.56. The smallest absolute Gasteiger partial charge is 0.141 e. The zero-order valence-electron chi connectivity index (χ0n) is 15.6. The number of benzene rings is 4. The molecule has 134 valence electrons. The van der Waals surface area contributed by atoms with Crippen LogP contribution in [0.1, 0.15) is 22.6 Å². The van der Waals surface area contributed by atoms with Gasteiger partial charge in [0.2, 0.25) is 0 Å². The third-order valence-electron chi connectivity index (χ3n) is 6.29. The van der Waals surface area contributed by atoms with Gasteiger partial charge >= 0.3 is 0 Å². The van der Waals surface area contributed by atoms with Crippen molar-refractivity contribution in [2.45, 2.75) is 5.92 Å². The van der Waals surface area contributed by atoms with Crippen molar-refractivity contribution in [3.8, 4) is 22.3 Å². The molecule has 1 nitrogen and oxygen atoms in total. The van der Waals surface area contributed by atoms with E-state index in [0.717, 1.165) is 21.7 Å². The summed E-state index contributed by atoms with van der Waals surface area (Å²) >= 11 is 0. The summed E-state index contributed by atoms with van der Waals surface area (Å²) in [6.07, 6.45) is 0. The summed E-state index contributed by atoms with van der Waals surface area (Å²) in [5.41, 5.74) is 8.75. The van der Waals surface area contributed by atoms with Crippen LogP contribution in [0.5, 0.6) is 0 Å². The first-order chi connectivity index (χ1) is 13.7. The maximum absolute atomic E-state index is 13.7. The van der Waals surface area contributed by atoms with Gasteiger partial charge in [-0.3, -0.25) is 0 Å². The van der Waals surface area contributed by atoms with Crippen LogP contribution in [0, 0.1) is 0 Å². The van der Waals surface area contributed by atoms with Crippen molar-refractivity contribution < 1.29 is 4.57 Å². The van der Waals surface area contributed by atoms with E-state index in [-0.39, 0.29) is 5.92 Å². The van der Waals surface area contributed by atoms with Gasteiger partial charge in [0.1, 0.15) is 7.14 Å². The third kappa shape index (κ3) is 2.00. The number of hydrogen-bond donors (Lipinski definition) is 0. The van der Waals surface area contributed by atoms with E-state index in [1.54, 1.807) is 0 Å². The summed E-state index contributed by atoms with van der Waals surface area (Å²) in [4.78, 5) is 0. The third-order valence-corrected chi connectivity index (χ3v) is 8.89. The highest BCUT2D eigenvalue weighted by molar-refractivity contribution is 7.79. The van der Waals surface area contributed by atoms with Gasteiger partial charge in [-0.1, -0.05) is 78.9 Å². The highest BCUT2D eigenvalue weighted by atomic mass is 31.2. The van der Waals surface area contributed by atoms with Crippen molar-refractivity contribution >= 4 is 17.8 Å². The lowest BCUT2D eigenvalue weighted by atomic mass is 9.88. The summed E-state index contributed by atoms with van der Waals surface area (Å²) < 4.78 is 13.7. The lowest BCUT2D eigenvalue weighted by Crippen LogP contribution is -2.09. The molecular weight excluding hydrogens is 359 g/mol. The number of fused-ring (bicyclic) bond motifs is 6. The Morgan fingerprint density at radius 1 is 0.607 bits per heavy atom. The molecule has 0 bridgehead atoms. The van der Waals surface area contributed by atoms with E-state index in [1.807, 2.05) is 24.9 Å². The van der Waals surface area contributed by atoms with E-state index >= 15 is 0 Å². The predicted octanol–water partition coefficient (Wildman–Crippen LogP) is 5.77. The van der Waals surface area contributed by atoms with Gasteiger partial charge in [-0.05, 0) is 57.7 Å². The normalized spacial score (nSPS) is 21.0. The van der Waals surface area contributed by atoms with Crippen LogP contribution in [0.25, 0.3) is 22.3 Å². The quantitative estimate of drug-likeness (QED) is 0.338. The molecule has 0 N–H and O–H groups in total. The van der Waals surface area contributed by atoms with E-state index < -0.39 is 7.14 Å². The maximum Gasteiger partial charge on any atom is 0.141 e. The Hall–Kier alpha value is -2.89. The fourth-order valence-corrected chi connectivity index (χ4v) is 7.32. The Kier molecular flexibility index (Phi) is 3.20. The van der Waals surface area contributed by atoms with Gasteiger partial charge < -0.3 is 4.57 Å². The van der Waals surface area contributed by atoms with E-state index in [0.29, 0.717) is 0 Å². The van der Waals surface area contributed by atoms with Crippen LogP contribution in [-0.2, 0) is 4.57 Å². The molecule has 0 saturated carbocycles. The van der Waals surface area contributed by atoms with Crippen LogP contribution in [0.15, 0.2) is 91.0 Å². The first-order valence-electron chi connectivity index (χ1n) is 9.66. The fourth-order valence-electron chi connectivity index (χ4n) is 5.02. The highest BCUT2D eigenvalue weighted by Crippen LogP contribution is 2.55. The molecule has 0 radical (unpaired) electrons. The highest BCUT2D eigenvalue weighted by Gasteiger charge is 2.38. The molecule has 2 aliphatic rings. The van der Waals surface area contributed by atoms with E-state index in [9.17, 15) is 4.57 Å². The Morgan fingerprint density at radius 3 is 2.11 bits per heavy atom. The summed E-state index contributed by atoms with van der Waals surface area (Å²) in [5, 5.41) is 2.01. The summed E-state index contributed by atoms with van der Waals surface area (Å²) in [6.45, 7) is 1.92. The summed E-state index contributed by atoms with van der Waals surface area (Å²) in [5.74, 6) is 0.224. The van der Waals surface area contributed by atoms with Crippen LogP contribution in [0.3, 0.4) is 0 Å². The Balaban J connectivity index is 1.69. The van der Waals surface area contributed by atoms with Gasteiger partial charge in [-0.2, -0.15) is 0 Å². The molecule has 2 unspecified atom stereocenters.